The van der Waals surface area contributed by atoms with Gasteiger partial charge in [0.15, 0.2) is 0 Å². The number of hydrogen-bond donors (Lipinski definition) is 0. The number of carbonyl (C=O) groups is 1. The minimum atomic E-state index is -0.374. The summed E-state index contributed by atoms with van der Waals surface area (Å²) in [7, 11) is 1.36. The minimum Gasteiger partial charge on any atom is -0.465 e. The van der Waals surface area contributed by atoms with E-state index < -0.39 is 0 Å². The summed E-state index contributed by atoms with van der Waals surface area (Å²) in [6, 6.07) is 7.92. The fourth-order valence-electron chi connectivity index (χ4n) is 1.49. The van der Waals surface area contributed by atoms with E-state index in [0.29, 0.717) is 5.57 Å². The number of benzene rings is 1. The fourth-order valence-corrected chi connectivity index (χ4v) is 1.49. The predicted molar refractivity (Wildman–Crippen MR) is 66.1 cm³/mol. The molecule has 0 bridgehead atoms. The molecular weight excluding hydrogens is 200 g/mol. The van der Waals surface area contributed by atoms with E-state index in [1.54, 1.807) is 0 Å². The lowest BCUT2D eigenvalue weighted by Crippen LogP contribution is -2.02. The van der Waals surface area contributed by atoms with Gasteiger partial charge in [-0.15, -0.1) is 0 Å². The molecule has 0 amide bonds. The molecular formula is C14H18O2. The molecule has 2 nitrogen and oxygen atoms in total. The number of esters is 1. The average molecular weight is 218 g/mol. The maximum Gasteiger partial charge on any atom is 0.337 e. The molecule has 0 heterocycles. The summed E-state index contributed by atoms with van der Waals surface area (Å²) in [5.74, 6) is -0.374. The van der Waals surface area contributed by atoms with Crippen LogP contribution in [0.3, 0.4) is 0 Å². The van der Waals surface area contributed by atoms with Crippen molar-refractivity contribution in [3.8, 4) is 0 Å². The first-order valence-electron chi connectivity index (χ1n) is 5.55. The van der Waals surface area contributed by atoms with Crippen molar-refractivity contribution in [2.75, 3.05) is 7.11 Å². The number of hydrogen-bond acceptors (Lipinski definition) is 2. The zero-order valence-electron chi connectivity index (χ0n) is 9.95. The lowest BCUT2D eigenvalue weighted by Gasteiger charge is -2.05. The van der Waals surface area contributed by atoms with E-state index in [9.17, 15) is 4.79 Å². The molecule has 0 atom stereocenters. The van der Waals surface area contributed by atoms with Crippen molar-refractivity contribution in [3.05, 3.63) is 42.0 Å². The number of rotatable bonds is 5. The Bertz CT molecular complexity index is 363. The summed E-state index contributed by atoms with van der Waals surface area (Å²) in [5, 5.41) is 0. The lowest BCUT2D eigenvalue weighted by atomic mass is 10.0. The highest BCUT2D eigenvalue weighted by Gasteiger charge is 2.08. The quantitative estimate of drug-likeness (QED) is 0.560. The second-order valence-electron chi connectivity index (χ2n) is 3.77. The predicted octanol–water partition coefficient (Wildman–Crippen LogP) is 3.22. The summed E-state index contributed by atoms with van der Waals surface area (Å²) in [6.45, 7) is 5.89. The third-order valence-corrected chi connectivity index (χ3v) is 2.55. The van der Waals surface area contributed by atoms with Crippen LogP contribution in [0, 0.1) is 0 Å². The molecule has 0 unspecified atom stereocenters. The normalized spacial score (nSPS) is 9.88. The second kappa shape index (κ2) is 6.11. The molecule has 0 N–H and O–H groups in total. The summed E-state index contributed by atoms with van der Waals surface area (Å²) >= 11 is 0. The molecule has 0 aliphatic rings. The Hall–Kier alpha value is -1.57. The van der Waals surface area contributed by atoms with Crippen LogP contribution in [-0.4, -0.2) is 13.1 Å². The molecule has 1 rings (SSSR count). The van der Waals surface area contributed by atoms with Gasteiger partial charge in [0.1, 0.15) is 0 Å². The van der Waals surface area contributed by atoms with Gasteiger partial charge >= 0.3 is 5.97 Å². The lowest BCUT2D eigenvalue weighted by molar-refractivity contribution is -0.133. The number of methoxy groups -OCH3 is 1. The van der Waals surface area contributed by atoms with Crippen LogP contribution < -0.4 is 0 Å². The van der Waals surface area contributed by atoms with Crippen LogP contribution in [0.2, 0.25) is 0 Å². The minimum absolute atomic E-state index is 0.374. The molecule has 0 radical (unpaired) electrons. The van der Waals surface area contributed by atoms with Gasteiger partial charge in [-0.25, -0.2) is 4.79 Å². The molecule has 0 saturated carbocycles. The molecule has 86 valence electrons. The van der Waals surface area contributed by atoms with Gasteiger partial charge in [0, 0.05) is 0 Å². The third-order valence-electron chi connectivity index (χ3n) is 2.55. The first kappa shape index (κ1) is 12.5. The third kappa shape index (κ3) is 3.23. The Labute approximate surface area is 96.9 Å². The van der Waals surface area contributed by atoms with Crippen LogP contribution in [0.1, 0.15) is 30.9 Å². The van der Waals surface area contributed by atoms with Crippen molar-refractivity contribution in [2.45, 2.75) is 26.2 Å². The Morgan fingerprint density at radius 3 is 2.44 bits per heavy atom. The van der Waals surface area contributed by atoms with Crippen LogP contribution in [0.25, 0.3) is 5.57 Å². The second-order valence-corrected chi connectivity index (χ2v) is 3.77. The van der Waals surface area contributed by atoms with Crippen LogP contribution in [-0.2, 0) is 16.0 Å². The number of unbranched alkanes of at least 4 members (excludes halogenated alkanes) is 1. The van der Waals surface area contributed by atoms with Crippen LogP contribution in [0.15, 0.2) is 30.8 Å². The number of aryl methyl sites for hydroxylation is 1. The molecule has 0 aliphatic heterocycles. The largest absolute Gasteiger partial charge is 0.465 e. The maximum atomic E-state index is 11.2. The SMILES string of the molecule is C=C(C(=O)OC)c1ccc(CCCC)cc1. The molecule has 1 aromatic rings. The molecule has 0 saturated heterocycles. The molecule has 0 fully saturated rings. The first-order chi connectivity index (χ1) is 7.69. The monoisotopic (exact) mass is 218 g/mol. The molecule has 0 aliphatic carbocycles. The van der Waals surface area contributed by atoms with E-state index in [1.807, 2.05) is 24.3 Å². The van der Waals surface area contributed by atoms with Gasteiger partial charge in [0.25, 0.3) is 0 Å². The highest BCUT2D eigenvalue weighted by atomic mass is 16.5. The van der Waals surface area contributed by atoms with E-state index in [1.165, 1.54) is 25.5 Å². The fraction of sp³-hybridized carbons (Fsp3) is 0.357. The number of carbonyl (C=O) groups excluding carboxylic acids is 1. The summed E-state index contributed by atoms with van der Waals surface area (Å²) in [4.78, 5) is 11.2. The zero-order valence-corrected chi connectivity index (χ0v) is 9.95. The van der Waals surface area contributed by atoms with Crippen LogP contribution in [0.5, 0.6) is 0 Å². The zero-order chi connectivity index (χ0) is 12.0. The highest BCUT2D eigenvalue weighted by molar-refractivity contribution is 6.15. The Balaban J connectivity index is 2.71. The van der Waals surface area contributed by atoms with Crippen molar-refractivity contribution in [1.82, 2.24) is 0 Å². The topological polar surface area (TPSA) is 26.3 Å². The summed E-state index contributed by atoms with van der Waals surface area (Å²) in [6.07, 6.45) is 3.47. The molecule has 2 heteroatoms. The van der Waals surface area contributed by atoms with Crippen LogP contribution >= 0.6 is 0 Å². The average Bonchev–Trinajstić information content (AvgIpc) is 2.35. The summed E-state index contributed by atoms with van der Waals surface area (Å²) < 4.78 is 4.62. The van der Waals surface area contributed by atoms with Crippen molar-refractivity contribution in [3.63, 3.8) is 0 Å². The maximum absolute atomic E-state index is 11.2. The molecule has 1 aromatic carbocycles. The number of ether oxygens (including phenoxy) is 1. The van der Waals surface area contributed by atoms with Gasteiger partial charge in [-0.1, -0.05) is 44.2 Å². The molecule has 16 heavy (non-hydrogen) atoms. The summed E-state index contributed by atoms with van der Waals surface area (Å²) in [5.41, 5.74) is 2.53. The van der Waals surface area contributed by atoms with E-state index in [-0.39, 0.29) is 5.97 Å². The van der Waals surface area contributed by atoms with Gasteiger partial charge in [0.2, 0.25) is 0 Å². The van der Waals surface area contributed by atoms with Crippen molar-refractivity contribution in [2.24, 2.45) is 0 Å². The van der Waals surface area contributed by atoms with Gasteiger partial charge in [-0.3, -0.25) is 0 Å². The van der Waals surface area contributed by atoms with Crippen molar-refractivity contribution >= 4 is 11.5 Å². The Kier molecular flexibility index (Phi) is 4.77. The molecule has 0 spiro atoms. The van der Waals surface area contributed by atoms with Crippen molar-refractivity contribution < 1.29 is 9.53 Å². The molecule has 0 aromatic heterocycles. The van der Waals surface area contributed by atoms with Crippen molar-refractivity contribution in [1.29, 1.82) is 0 Å². The smallest absolute Gasteiger partial charge is 0.337 e. The standard InChI is InChI=1S/C14H18O2/c1-4-5-6-12-7-9-13(10-8-12)11(2)14(15)16-3/h7-10H,2,4-6H2,1,3H3. The Morgan fingerprint density at radius 1 is 1.31 bits per heavy atom. The Morgan fingerprint density at radius 2 is 1.94 bits per heavy atom. The van der Waals surface area contributed by atoms with Gasteiger partial charge in [-0.05, 0) is 24.0 Å². The van der Waals surface area contributed by atoms with Gasteiger partial charge < -0.3 is 4.74 Å². The van der Waals surface area contributed by atoms with E-state index >= 15 is 0 Å². The van der Waals surface area contributed by atoms with E-state index in [0.717, 1.165) is 12.0 Å². The highest BCUT2D eigenvalue weighted by Crippen LogP contribution is 2.15. The first-order valence-corrected chi connectivity index (χ1v) is 5.55. The van der Waals surface area contributed by atoms with E-state index in [4.69, 9.17) is 0 Å². The van der Waals surface area contributed by atoms with Gasteiger partial charge in [0.05, 0.1) is 12.7 Å². The van der Waals surface area contributed by atoms with E-state index in [2.05, 4.69) is 18.2 Å². The van der Waals surface area contributed by atoms with Gasteiger partial charge in [-0.2, -0.15) is 0 Å². The van der Waals surface area contributed by atoms with Crippen LogP contribution in [0.4, 0.5) is 0 Å².